The van der Waals surface area contributed by atoms with E-state index in [-0.39, 0.29) is 29.7 Å². The predicted molar refractivity (Wildman–Crippen MR) is 131 cm³/mol. The van der Waals surface area contributed by atoms with Crippen LogP contribution in [0.15, 0.2) is 36.4 Å². The van der Waals surface area contributed by atoms with Gasteiger partial charge in [-0.1, -0.05) is 29.8 Å². The van der Waals surface area contributed by atoms with Gasteiger partial charge in [0, 0.05) is 43.5 Å². The van der Waals surface area contributed by atoms with E-state index in [1.165, 1.54) is 5.56 Å². The molecule has 180 valence electrons. The zero-order valence-corrected chi connectivity index (χ0v) is 20.5. The lowest BCUT2D eigenvalue weighted by Crippen LogP contribution is -2.50. The molecule has 2 saturated heterocycles. The highest BCUT2D eigenvalue weighted by molar-refractivity contribution is 6.31. The first-order chi connectivity index (χ1) is 16.2. The number of amides is 1. The van der Waals surface area contributed by atoms with E-state index in [0.29, 0.717) is 18.4 Å². The molecular formula is C27H31ClN2O4. The van der Waals surface area contributed by atoms with E-state index in [4.69, 9.17) is 11.6 Å². The Kier molecular flexibility index (Phi) is 7.39. The molecule has 0 unspecified atom stereocenters. The second kappa shape index (κ2) is 10.3. The highest BCUT2D eigenvalue weighted by Crippen LogP contribution is 2.29. The zero-order chi connectivity index (χ0) is 24.4. The topological polar surface area (TPSA) is 77.9 Å². The average Bonchev–Trinajstić information content (AvgIpc) is 3.18. The minimum absolute atomic E-state index is 0.00754. The second-order valence-electron chi connectivity index (χ2n) is 9.60. The summed E-state index contributed by atoms with van der Waals surface area (Å²) in [6.07, 6.45) is 2.77. The molecule has 0 radical (unpaired) electrons. The molecule has 1 N–H and O–H groups in total. The molecule has 6 nitrogen and oxygen atoms in total. The Labute approximate surface area is 205 Å². The number of aromatic carboxylic acids is 1. The molecule has 1 atom stereocenters. The number of nitrogens with zero attached hydrogens (tertiary/aromatic N) is 2. The number of carboxylic acid groups (broad SMARTS) is 1. The number of carbonyl (C=O) groups is 3. The number of aryl methyl sites for hydroxylation is 2. The normalized spacial score (nSPS) is 19.6. The Morgan fingerprint density at radius 2 is 1.76 bits per heavy atom. The molecule has 2 aliphatic heterocycles. The van der Waals surface area contributed by atoms with E-state index in [0.717, 1.165) is 48.6 Å². The van der Waals surface area contributed by atoms with Gasteiger partial charge in [0.25, 0.3) is 0 Å². The maximum atomic E-state index is 13.2. The maximum Gasteiger partial charge on any atom is 0.335 e. The molecule has 2 aromatic rings. The van der Waals surface area contributed by atoms with Gasteiger partial charge in [0.1, 0.15) is 0 Å². The number of benzene rings is 2. The van der Waals surface area contributed by atoms with Gasteiger partial charge >= 0.3 is 5.97 Å². The van der Waals surface area contributed by atoms with Gasteiger partial charge in [-0.05, 0) is 73.6 Å². The predicted octanol–water partition coefficient (Wildman–Crippen LogP) is 4.42. The Morgan fingerprint density at radius 3 is 2.44 bits per heavy atom. The maximum absolute atomic E-state index is 13.2. The van der Waals surface area contributed by atoms with Crippen LogP contribution in [0.2, 0.25) is 5.02 Å². The average molecular weight is 483 g/mol. The zero-order valence-electron chi connectivity index (χ0n) is 19.7. The Balaban J connectivity index is 1.39. The van der Waals surface area contributed by atoms with E-state index in [9.17, 15) is 19.5 Å². The van der Waals surface area contributed by atoms with Crippen LogP contribution in [0, 0.1) is 13.8 Å². The number of carbonyl (C=O) groups excluding carboxylic acids is 2. The van der Waals surface area contributed by atoms with Crippen molar-refractivity contribution in [2.24, 2.45) is 0 Å². The summed E-state index contributed by atoms with van der Waals surface area (Å²) in [5, 5.41) is 10.1. The number of carboxylic acids is 1. The molecule has 4 rings (SSSR count). The van der Waals surface area contributed by atoms with Crippen LogP contribution in [0.4, 0.5) is 0 Å². The van der Waals surface area contributed by atoms with Crippen molar-refractivity contribution in [1.82, 2.24) is 9.80 Å². The molecule has 0 saturated carbocycles. The summed E-state index contributed by atoms with van der Waals surface area (Å²) in [4.78, 5) is 41.6. The molecule has 0 aliphatic carbocycles. The van der Waals surface area contributed by atoms with Gasteiger partial charge in [0.05, 0.1) is 11.6 Å². The molecule has 1 amide bonds. The Hall–Kier alpha value is -2.70. The number of ketones is 1. The van der Waals surface area contributed by atoms with E-state index in [1.807, 2.05) is 30.9 Å². The van der Waals surface area contributed by atoms with Gasteiger partial charge in [-0.15, -0.1) is 0 Å². The fourth-order valence-corrected chi connectivity index (χ4v) is 5.42. The third-order valence-corrected chi connectivity index (χ3v) is 7.39. The number of rotatable bonds is 7. The van der Waals surface area contributed by atoms with Crippen molar-refractivity contribution in [3.8, 4) is 0 Å². The third kappa shape index (κ3) is 5.50. The van der Waals surface area contributed by atoms with E-state index < -0.39 is 12.0 Å². The van der Waals surface area contributed by atoms with Crippen LogP contribution >= 0.6 is 11.6 Å². The van der Waals surface area contributed by atoms with Crippen molar-refractivity contribution in [2.75, 3.05) is 13.1 Å². The monoisotopic (exact) mass is 482 g/mol. The summed E-state index contributed by atoms with van der Waals surface area (Å²) in [7, 11) is 0. The molecule has 34 heavy (non-hydrogen) atoms. The van der Waals surface area contributed by atoms with Gasteiger partial charge in [0.2, 0.25) is 5.91 Å². The van der Waals surface area contributed by atoms with Gasteiger partial charge in [-0.2, -0.15) is 0 Å². The lowest BCUT2D eigenvalue weighted by atomic mass is 9.96. The van der Waals surface area contributed by atoms with Crippen LogP contribution in [-0.2, 0) is 22.6 Å². The van der Waals surface area contributed by atoms with Gasteiger partial charge < -0.3 is 10.0 Å². The molecule has 0 aromatic heterocycles. The van der Waals surface area contributed by atoms with Crippen molar-refractivity contribution < 1.29 is 19.5 Å². The fraction of sp³-hybridized carbons (Fsp3) is 0.444. The second-order valence-corrected chi connectivity index (χ2v) is 10.0. The molecular weight excluding hydrogens is 452 g/mol. The lowest BCUT2D eigenvalue weighted by Gasteiger charge is -2.39. The first kappa shape index (κ1) is 24.4. The van der Waals surface area contributed by atoms with Crippen molar-refractivity contribution in [3.05, 3.63) is 69.2 Å². The molecule has 2 aromatic carbocycles. The Bertz CT molecular complexity index is 1110. The highest BCUT2D eigenvalue weighted by Gasteiger charge is 2.40. The summed E-state index contributed by atoms with van der Waals surface area (Å²) < 4.78 is 0. The lowest BCUT2D eigenvalue weighted by molar-refractivity contribution is -0.137. The van der Waals surface area contributed by atoms with Crippen molar-refractivity contribution in [2.45, 2.75) is 64.6 Å². The van der Waals surface area contributed by atoms with Crippen LogP contribution in [0.5, 0.6) is 0 Å². The third-order valence-electron chi connectivity index (χ3n) is 6.97. The van der Waals surface area contributed by atoms with Crippen LogP contribution < -0.4 is 0 Å². The first-order valence-electron chi connectivity index (χ1n) is 11.9. The summed E-state index contributed by atoms with van der Waals surface area (Å²) in [5.41, 5.74) is 3.98. The van der Waals surface area contributed by atoms with E-state index in [2.05, 4.69) is 17.0 Å². The molecule has 0 spiro atoms. The van der Waals surface area contributed by atoms with Crippen molar-refractivity contribution >= 4 is 29.3 Å². The summed E-state index contributed by atoms with van der Waals surface area (Å²) >= 11 is 6.14. The largest absolute Gasteiger partial charge is 0.478 e. The summed E-state index contributed by atoms with van der Waals surface area (Å²) in [6.45, 7) is 6.42. The summed E-state index contributed by atoms with van der Waals surface area (Å²) in [6, 6.07) is 10.8. The Morgan fingerprint density at radius 1 is 1.03 bits per heavy atom. The molecule has 2 aliphatic rings. The van der Waals surface area contributed by atoms with Gasteiger partial charge in [-0.3, -0.25) is 14.5 Å². The molecule has 2 fully saturated rings. The SMILES string of the molecule is Cc1cc(CC(=O)[C@H]2CCC(=O)N2C2CCN(Cc3ccc(Cl)c(C)c3)CC2)cc(C(=O)O)c1. The summed E-state index contributed by atoms with van der Waals surface area (Å²) in [5.74, 6) is -0.956. The van der Waals surface area contributed by atoms with Crippen molar-refractivity contribution in [3.63, 3.8) is 0 Å². The molecule has 0 bridgehead atoms. The fourth-order valence-electron chi connectivity index (χ4n) is 5.30. The number of Topliss-reactive ketones (excluding diaryl/α,β-unsaturated/α-hetero) is 1. The van der Waals surface area contributed by atoms with Gasteiger partial charge in [-0.25, -0.2) is 4.79 Å². The van der Waals surface area contributed by atoms with Crippen molar-refractivity contribution in [1.29, 1.82) is 0 Å². The standard InChI is InChI=1S/C27H31ClN2O4/c1-17-11-20(14-21(12-17)27(33)34)15-25(31)24-5-6-26(32)30(24)22-7-9-29(10-8-22)16-19-3-4-23(28)18(2)13-19/h3-4,11-14,22,24H,5-10,15-16H2,1-2H3,(H,33,34)/t24-/m1/s1. The van der Waals surface area contributed by atoms with Crippen LogP contribution in [0.1, 0.15) is 58.3 Å². The first-order valence-corrected chi connectivity index (χ1v) is 12.2. The van der Waals surface area contributed by atoms with Gasteiger partial charge in [0.15, 0.2) is 5.78 Å². The van der Waals surface area contributed by atoms with E-state index >= 15 is 0 Å². The van der Waals surface area contributed by atoms with Crippen LogP contribution in [0.3, 0.4) is 0 Å². The molecule has 7 heteroatoms. The number of hydrogen-bond acceptors (Lipinski definition) is 4. The quantitative estimate of drug-likeness (QED) is 0.632. The van der Waals surface area contributed by atoms with E-state index in [1.54, 1.807) is 12.1 Å². The number of likely N-dealkylation sites (tertiary alicyclic amines) is 2. The molecule has 2 heterocycles. The minimum atomic E-state index is -1.00. The number of hydrogen-bond donors (Lipinski definition) is 1. The smallest absolute Gasteiger partial charge is 0.335 e. The highest BCUT2D eigenvalue weighted by atomic mass is 35.5. The van der Waals surface area contributed by atoms with Crippen LogP contribution in [0.25, 0.3) is 0 Å². The minimum Gasteiger partial charge on any atom is -0.478 e. The van der Waals surface area contributed by atoms with Crippen LogP contribution in [-0.4, -0.2) is 57.7 Å². The number of piperidine rings is 1. The number of halogens is 1.